The van der Waals surface area contributed by atoms with Crippen molar-refractivity contribution < 1.29 is 10.0 Å². The molecule has 0 saturated heterocycles. The molecule has 1 heterocycles. The lowest BCUT2D eigenvalue weighted by molar-refractivity contribution is -0.385. The normalized spacial score (nSPS) is 23.7. The Kier molecular flexibility index (Phi) is 5.75. The summed E-state index contributed by atoms with van der Waals surface area (Å²) >= 11 is 0. The molecule has 0 aliphatic heterocycles. The van der Waals surface area contributed by atoms with Gasteiger partial charge in [-0.2, -0.15) is 5.10 Å². The average molecular weight is 324 g/mol. The van der Waals surface area contributed by atoms with Gasteiger partial charge in [0.05, 0.1) is 17.6 Å². The molecule has 2 rings (SSSR count). The summed E-state index contributed by atoms with van der Waals surface area (Å²) in [4.78, 5) is 10.2. The highest BCUT2D eigenvalue weighted by atomic mass is 16.6. The molecule has 23 heavy (non-hydrogen) atoms. The number of nitrogens with zero attached hydrogens (tertiary/aromatic N) is 3. The van der Waals surface area contributed by atoms with Crippen molar-refractivity contribution in [1.29, 1.82) is 0 Å². The number of aliphatic hydroxyl groups excluding tert-OH is 1. The molecule has 0 amide bonds. The predicted octanol–water partition coefficient (Wildman–Crippen LogP) is 2.35. The zero-order valence-corrected chi connectivity index (χ0v) is 14.2. The quantitative estimate of drug-likeness (QED) is 0.619. The molecule has 1 aliphatic rings. The van der Waals surface area contributed by atoms with Crippen LogP contribution in [0, 0.1) is 21.4 Å². The topological polar surface area (TPSA) is 93.2 Å². The van der Waals surface area contributed by atoms with Crippen LogP contribution in [0.2, 0.25) is 0 Å². The van der Waals surface area contributed by atoms with Crippen molar-refractivity contribution in [1.82, 2.24) is 15.1 Å². The molecular weight excluding hydrogens is 296 g/mol. The van der Waals surface area contributed by atoms with Gasteiger partial charge in [0.2, 0.25) is 0 Å². The third kappa shape index (κ3) is 5.00. The summed E-state index contributed by atoms with van der Waals surface area (Å²) in [6.07, 6.45) is 6.81. The molecule has 0 bridgehead atoms. The zero-order chi connectivity index (χ0) is 17.0. The first kappa shape index (κ1) is 17.9. The summed E-state index contributed by atoms with van der Waals surface area (Å²) in [6, 6.07) is 0.422. The minimum Gasteiger partial charge on any atom is -0.390 e. The third-order valence-corrected chi connectivity index (χ3v) is 4.72. The van der Waals surface area contributed by atoms with E-state index in [1.54, 1.807) is 0 Å². The molecule has 1 aliphatic carbocycles. The Morgan fingerprint density at radius 2 is 2.17 bits per heavy atom. The Bertz CT molecular complexity index is 524. The van der Waals surface area contributed by atoms with Gasteiger partial charge in [-0.1, -0.05) is 33.6 Å². The van der Waals surface area contributed by atoms with Crippen LogP contribution < -0.4 is 5.32 Å². The number of nitro groups is 1. The van der Waals surface area contributed by atoms with Crippen molar-refractivity contribution in [3.63, 3.8) is 0 Å². The van der Waals surface area contributed by atoms with Gasteiger partial charge in [-0.05, 0) is 24.2 Å². The summed E-state index contributed by atoms with van der Waals surface area (Å²) in [5, 5.41) is 28.2. The van der Waals surface area contributed by atoms with Crippen LogP contribution in [0.15, 0.2) is 12.4 Å². The van der Waals surface area contributed by atoms with E-state index in [0.29, 0.717) is 18.5 Å². The van der Waals surface area contributed by atoms with Crippen LogP contribution in [-0.4, -0.2) is 38.5 Å². The Labute approximate surface area is 137 Å². The summed E-state index contributed by atoms with van der Waals surface area (Å²) in [7, 11) is 0. The molecule has 2 N–H and O–H groups in total. The van der Waals surface area contributed by atoms with E-state index in [0.717, 1.165) is 6.42 Å². The predicted molar refractivity (Wildman–Crippen MR) is 88.1 cm³/mol. The molecule has 3 atom stereocenters. The molecular formula is C16H28N4O3. The molecule has 0 unspecified atom stereocenters. The molecule has 0 radical (unpaired) electrons. The number of rotatable bonds is 6. The highest BCUT2D eigenvalue weighted by molar-refractivity contribution is 5.20. The Morgan fingerprint density at radius 1 is 1.48 bits per heavy atom. The lowest BCUT2D eigenvalue weighted by atomic mass is 9.69. The Balaban J connectivity index is 1.84. The minimum atomic E-state index is -0.614. The van der Waals surface area contributed by atoms with E-state index in [2.05, 4.69) is 31.2 Å². The van der Waals surface area contributed by atoms with Crippen LogP contribution in [0.4, 0.5) is 5.69 Å². The number of nitrogens with one attached hydrogen (secondary N) is 1. The van der Waals surface area contributed by atoms with Gasteiger partial charge in [0, 0.05) is 12.6 Å². The van der Waals surface area contributed by atoms with Crippen molar-refractivity contribution in [3.05, 3.63) is 22.5 Å². The number of hydrogen-bond donors (Lipinski definition) is 2. The molecule has 7 nitrogen and oxygen atoms in total. The smallest absolute Gasteiger partial charge is 0.306 e. The maximum absolute atomic E-state index is 10.6. The van der Waals surface area contributed by atoms with Crippen molar-refractivity contribution in [2.45, 2.75) is 65.1 Å². The van der Waals surface area contributed by atoms with Gasteiger partial charge in [0.15, 0.2) is 0 Å². The standard InChI is InChI=1S/C16H28N4O3/c1-16(2,3)14-6-4-5-7-15(14)17-9-13(21)11-19-10-12(8-18-19)20(22)23/h8,10,13-15,17,21H,4-7,9,11H2,1-3H3/t13-,14-,15+/m1/s1. The molecule has 1 saturated carbocycles. The summed E-state index contributed by atoms with van der Waals surface area (Å²) in [5.41, 5.74) is 0.205. The molecule has 7 heteroatoms. The van der Waals surface area contributed by atoms with Crippen molar-refractivity contribution in [3.8, 4) is 0 Å². The zero-order valence-electron chi connectivity index (χ0n) is 14.2. The fraction of sp³-hybridized carbons (Fsp3) is 0.812. The highest BCUT2D eigenvalue weighted by Gasteiger charge is 2.33. The van der Waals surface area contributed by atoms with Crippen LogP contribution in [0.5, 0.6) is 0 Å². The van der Waals surface area contributed by atoms with Gasteiger partial charge in [0.1, 0.15) is 12.4 Å². The van der Waals surface area contributed by atoms with Crippen LogP contribution in [0.3, 0.4) is 0 Å². The van der Waals surface area contributed by atoms with Gasteiger partial charge in [0.25, 0.3) is 0 Å². The van der Waals surface area contributed by atoms with Gasteiger partial charge < -0.3 is 10.4 Å². The Morgan fingerprint density at radius 3 is 2.78 bits per heavy atom. The number of hydrogen-bond acceptors (Lipinski definition) is 5. The highest BCUT2D eigenvalue weighted by Crippen LogP contribution is 2.37. The average Bonchev–Trinajstić information content (AvgIpc) is 2.93. The summed E-state index contributed by atoms with van der Waals surface area (Å²) in [6.45, 7) is 7.56. The lowest BCUT2D eigenvalue weighted by Crippen LogP contribution is -2.47. The van der Waals surface area contributed by atoms with E-state index in [1.165, 1.54) is 36.3 Å². The van der Waals surface area contributed by atoms with Gasteiger partial charge >= 0.3 is 5.69 Å². The van der Waals surface area contributed by atoms with Crippen LogP contribution in [0.25, 0.3) is 0 Å². The van der Waals surface area contributed by atoms with Crippen LogP contribution in [-0.2, 0) is 6.54 Å². The minimum absolute atomic E-state index is 0.0507. The fourth-order valence-corrected chi connectivity index (χ4v) is 3.53. The van der Waals surface area contributed by atoms with E-state index >= 15 is 0 Å². The number of aliphatic hydroxyl groups is 1. The lowest BCUT2D eigenvalue weighted by Gasteiger charge is -2.41. The molecule has 0 spiro atoms. The Hall–Kier alpha value is -1.47. The van der Waals surface area contributed by atoms with Crippen molar-refractivity contribution in [2.75, 3.05) is 6.54 Å². The summed E-state index contributed by atoms with van der Waals surface area (Å²) < 4.78 is 1.42. The van der Waals surface area contributed by atoms with E-state index in [4.69, 9.17) is 0 Å². The van der Waals surface area contributed by atoms with Crippen LogP contribution in [0.1, 0.15) is 46.5 Å². The first-order valence-corrected chi connectivity index (χ1v) is 8.35. The van der Waals surface area contributed by atoms with Crippen molar-refractivity contribution >= 4 is 5.69 Å². The molecule has 0 aromatic carbocycles. The fourth-order valence-electron chi connectivity index (χ4n) is 3.53. The third-order valence-electron chi connectivity index (χ3n) is 4.72. The van der Waals surface area contributed by atoms with Crippen molar-refractivity contribution in [2.24, 2.45) is 11.3 Å². The molecule has 1 fully saturated rings. The second-order valence-electron chi connectivity index (χ2n) is 7.60. The van der Waals surface area contributed by atoms with E-state index in [9.17, 15) is 15.2 Å². The van der Waals surface area contributed by atoms with Gasteiger partial charge in [-0.15, -0.1) is 0 Å². The summed E-state index contributed by atoms with van der Waals surface area (Å²) in [5.74, 6) is 0.606. The maximum Gasteiger partial charge on any atom is 0.306 e. The van der Waals surface area contributed by atoms with Gasteiger partial charge in [-0.25, -0.2) is 0 Å². The maximum atomic E-state index is 10.6. The monoisotopic (exact) mass is 324 g/mol. The second-order valence-corrected chi connectivity index (χ2v) is 7.60. The van der Waals surface area contributed by atoms with Gasteiger partial charge in [-0.3, -0.25) is 14.8 Å². The molecule has 130 valence electrons. The first-order valence-electron chi connectivity index (χ1n) is 8.35. The largest absolute Gasteiger partial charge is 0.390 e. The first-order chi connectivity index (χ1) is 10.8. The van der Waals surface area contributed by atoms with E-state index in [-0.39, 0.29) is 17.6 Å². The SMILES string of the molecule is CC(C)(C)[C@@H]1CCCC[C@@H]1NC[C@@H](O)Cn1cc([N+](=O)[O-])cn1. The number of aromatic nitrogens is 2. The van der Waals surface area contributed by atoms with E-state index in [1.807, 2.05) is 0 Å². The van der Waals surface area contributed by atoms with Crippen LogP contribution >= 0.6 is 0 Å². The van der Waals surface area contributed by atoms with E-state index < -0.39 is 11.0 Å². The molecule has 1 aromatic rings. The molecule has 1 aromatic heterocycles. The second kappa shape index (κ2) is 7.40.